The van der Waals surface area contributed by atoms with Gasteiger partial charge in [0, 0.05) is 55.4 Å². The molecule has 1 fully saturated rings. The van der Waals surface area contributed by atoms with E-state index in [4.69, 9.17) is 27.8 Å². The van der Waals surface area contributed by atoms with Crippen LogP contribution in [0.15, 0.2) is 46.4 Å². The van der Waals surface area contributed by atoms with Gasteiger partial charge in [0.1, 0.15) is 23.1 Å². The van der Waals surface area contributed by atoms with Gasteiger partial charge >= 0.3 is 6.18 Å². The first-order valence-corrected chi connectivity index (χ1v) is 13.7. The predicted molar refractivity (Wildman–Crippen MR) is 155 cm³/mol. The van der Waals surface area contributed by atoms with E-state index in [0.29, 0.717) is 36.4 Å². The Kier molecular flexibility index (Phi) is 9.48. The smallest absolute Gasteiger partial charge is 0.416 e. The third-order valence-electron chi connectivity index (χ3n) is 7.60. The Bertz CT molecular complexity index is 1240. The summed E-state index contributed by atoms with van der Waals surface area (Å²) < 4.78 is 46.6. The van der Waals surface area contributed by atoms with E-state index in [0.717, 1.165) is 37.7 Å². The number of halogens is 4. The maximum Gasteiger partial charge on any atom is 0.416 e. The summed E-state index contributed by atoms with van der Waals surface area (Å²) in [5.41, 5.74) is 13.6. The lowest BCUT2D eigenvalue weighted by Crippen LogP contribution is -2.50. The first kappa shape index (κ1) is 30.0. The molecule has 0 aromatic heterocycles. The molecule has 2 aliphatic heterocycles. The van der Waals surface area contributed by atoms with Crippen molar-refractivity contribution in [1.29, 1.82) is 0 Å². The van der Waals surface area contributed by atoms with Crippen LogP contribution in [0.3, 0.4) is 0 Å². The fourth-order valence-electron chi connectivity index (χ4n) is 5.36. The Hall–Kier alpha value is -3.02. The number of amidine groups is 2. The van der Waals surface area contributed by atoms with E-state index in [9.17, 15) is 13.2 Å². The van der Waals surface area contributed by atoms with Crippen molar-refractivity contribution in [2.24, 2.45) is 21.5 Å². The first-order chi connectivity index (χ1) is 19.0. The maximum absolute atomic E-state index is 13.7. The third kappa shape index (κ3) is 7.18. The molecule has 40 heavy (non-hydrogen) atoms. The van der Waals surface area contributed by atoms with Crippen LogP contribution in [0, 0.1) is 0 Å². The summed E-state index contributed by atoms with van der Waals surface area (Å²) in [5, 5.41) is 0.233. The molecule has 0 radical (unpaired) electrons. The Labute approximate surface area is 238 Å². The molecule has 1 saturated heterocycles. The highest BCUT2D eigenvalue weighted by Gasteiger charge is 2.35. The minimum Gasteiger partial charge on any atom is -0.494 e. The zero-order valence-corrected chi connectivity index (χ0v) is 23.8. The van der Waals surface area contributed by atoms with Crippen LogP contribution in [0.2, 0.25) is 5.02 Å². The minimum atomic E-state index is -4.50. The van der Waals surface area contributed by atoms with E-state index in [-0.39, 0.29) is 29.4 Å². The number of benzene rings is 2. The second-order valence-corrected chi connectivity index (χ2v) is 10.9. The molecule has 0 aliphatic carbocycles. The summed E-state index contributed by atoms with van der Waals surface area (Å²) in [6.45, 7) is 2.70. The minimum absolute atomic E-state index is 0.00783. The van der Waals surface area contributed by atoms with Gasteiger partial charge in [-0.2, -0.15) is 13.2 Å². The van der Waals surface area contributed by atoms with Gasteiger partial charge in [0.25, 0.3) is 0 Å². The van der Waals surface area contributed by atoms with Gasteiger partial charge < -0.3 is 26.0 Å². The molecule has 2 aromatic rings. The van der Waals surface area contributed by atoms with Gasteiger partial charge in [0.2, 0.25) is 0 Å². The molecule has 0 saturated carbocycles. The zero-order chi connectivity index (χ0) is 29.0. The third-order valence-corrected chi connectivity index (χ3v) is 7.83. The van der Waals surface area contributed by atoms with Crippen LogP contribution >= 0.6 is 11.6 Å². The van der Waals surface area contributed by atoms with Gasteiger partial charge in [0.15, 0.2) is 0 Å². The monoisotopic (exact) mass is 579 g/mol. The molecule has 12 heteroatoms. The number of nitrogens with zero attached hydrogens (tertiary/aromatic N) is 5. The number of hydrogen-bond acceptors (Lipinski definition) is 7. The number of nitrogens with two attached hydrogens (primary N) is 2. The average Bonchev–Trinajstić information content (AvgIpc) is 2.90. The van der Waals surface area contributed by atoms with Crippen LogP contribution in [0.4, 0.5) is 24.5 Å². The van der Waals surface area contributed by atoms with Crippen LogP contribution in [0.1, 0.15) is 30.4 Å². The highest BCUT2D eigenvalue weighted by molar-refractivity contribution is 6.30. The average molecular weight is 580 g/mol. The van der Waals surface area contributed by atoms with Crippen LogP contribution in [0.5, 0.6) is 5.75 Å². The number of hydrogen-bond donors (Lipinski definition) is 2. The van der Waals surface area contributed by atoms with Crippen molar-refractivity contribution in [3.63, 3.8) is 0 Å². The van der Waals surface area contributed by atoms with Crippen molar-refractivity contribution in [2.75, 3.05) is 52.3 Å². The van der Waals surface area contributed by atoms with E-state index in [1.54, 1.807) is 7.11 Å². The summed E-state index contributed by atoms with van der Waals surface area (Å²) in [5.74, 6) is 1.17. The second kappa shape index (κ2) is 12.7. The van der Waals surface area contributed by atoms with Crippen molar-refractivity contribution in [3.05, 3.63) is 52.5 Å². The summed E-state index contributed by atoms with van der Waals surface area (Å²) >= 11 is 6.04. The molecular weight excluding hydrogens is 543 g/mol. The normalized spacial score (nSPS) is 19.7. The maximum atomic E-state index is 13.7. The van der Waals surface area contributed by atoms with E-state index >= 15 is 0 Å². The molecule has 0 bridgehead atoms. The number of methoxy groups -OCH3 is 1. The second-order valence-electron chi connectivity index (χ2n) is 10.4. The molecule has 2 heterocycles. The number of piperidine rings is 1. The fourth-order valence-corrected chi connectivity index (χ4v) is 5.56. The molecule has 2 aliphatic rings. The van der Waals surface area contributed by atoms with Gasteiger partial charge in [-0.3, -0.25) is 9.89 Å². The number of ether oxygens (including phenoxy) is 1. The van der Waals surface area contributed by atoms with Gasteiger partial charge in [-0.1, -0.05) is 11.6 Å². The lowest BCUT2D eigenvalue weighted by Gasteiger charge is -2.36. The fraction of sp³-hybridized carbons (Fsp3) is 0.500. The van der Waals surface area contributed by atoms with E-state index < -0.39 is 17.8 Å². The van der Waals surface area contributed by atoms with E-state index in [1.165, 1.54) is 12.1 Å². The molecule has 4 rings (SSSR count). The molecule has 1 atom stereocenters. The number of alkyl halides is 3. The topological polar surface area (TPSA) is 95.7 Å². The lowest BCUT2D eigenvalue weighted by molar-refractivity contribution is -0.138. The highest BCUT2D eigenvalue weighted by atomic mass is 35.5. The Morgan fingerprint density at radius 1 is 1.15 bits per heavy atom. The molecule has 0 spiro atoms. The van der Waals surface area contributed by atoms with E-state index in [2.05, 4.69) is 33.9 Å². The SMILES string of the molecule is COc1cc(N2CCC(N(C)C)CC2)ccc1N=C(N)CC1C(N)=NCCN1Cc1cc(Cl)ccc1C(F)(F)F. The molecular formula is C28H37ClF3N7O. The zero-order valence-electron chi connectivity index (χ0n) is 23.1. The molecule has 1 unspecified atom stereocenters. The van der Waals surface area contributed by atoms with Crippen molar-refractivity contribution in [1.82, 2.24) is 9.80 Å². The van der Waals surface area contributed by atoms with Gasteiger partial charge in [-0.15, -0.1) is 0 Å². The molecule has 2 aromatic carbocycles. The van der Waals surface area contributed by atoms with Crippen molar-refractivity contribution >= 4 is 34.6 Å². The Balaban J connectivity index is 1.51. The highest BCUT2D eigenvalue weighted by Crippen LogP contribution is 2.35. The molecule has 8 nitrogen and oxygen atoms in total. The van der Waals surface area contributed by atoms with Crippen LogP contribution in [0.25, 0.3) is 0 Å². The number of aliphatic imine (C=N–C) groups is 2. The standard InChI is InChI=1S/C28H37ClF3N7O/c1-37(2)20-8-11-38(12-9-20)21-5-7-23(25(15-21)40-3)36-26(33)16-24-27(34)35-10-13-39(24)17-18-14-19(29)4-6-22(18)28(30,31)32/h4-7,14-15,20,24H,8-13,16-17H2,1-3H3,(H2,33,36)(H2,34,35). The predicted octanol–water partition coefficient (Wildman–Crippen LogP) is 4.52. The van der Waals surface area contributed by atoms with Crippen LogP contribution < -0.4 is 21.1 Å². The van der Waals surface area contributed by atoms with Gasteiger partial charge in [-0.05, 0) is 62.8 Å². The summed E-state index contributed by atoms with van der Waals surface area (Å²) in [6, 6.07) is 9.49. The van der Waals surface area contributed by atoms with Gasteiger partial charge in [0.05, 0.1) is 25.3 Å². The van der Waals surface area contributed by atoms with Crippen molar-refractivity contribution < 1.29 is 17.9 Å². The first-order valence-electron chi connectivity index (χ1n) is 13.3. The summed E-state index contributed by atoms with van der Waals surface area (Å²) in [6.07, 6.45) is -2.14. The quantitative estimate of drug-likeness (QED) is 0.353. The van der Waals surface area contributed by atoms with Crippen molar-refractivity contribution in [2.45, 2.75) is 44.1 Å². The van der Waals surface area contributed by atoms with Crippen LogP contribution in [-0.4, -0.2) is 80.9 Å². The van der Waals surface area contributed by atoms with Gasteiger partial charge in [-0.25, -0.2) is 4.99 Å². The van der Waals surface area contributed by atoms with Crippen LogP contribution in [-0.2, 0) is 12.7 Å². The Morgan fingerprint density at radius 3 is 2.52 bits per heavy atom. The Morgan fingerprint density at radius 2 is 1.88 bits per heavy atom. The molecule has 0 amide bonds. The molecule has 4 N–H and O–H groups in total. The largest absolute Gasteiger partial charge is 0.494 e. The lowest BCUT2D eigenvalue weighted by atomic mass is 10.0. The summed E-state index contributed by atoms with van der Waals surface area (Å²) in [4.78, 5) is 15.4. The molecule has 218 valence electrons. The summed E-state index contributed by atoms with van der Waals surface area (Å²) in [7, 11) is 5.82. The van der Waals surface area contributed by atoms with Crippen molar-refractivity contribution in [3.8, 4) is 5.75 Å². The number of rotatable bonds is 8. The number of anilines is 1. The van der Waals surface area contributed by atoms with E-state index in [1.807, 2.05) is 23.1 Å².